The van der Waals surface area contributed by atoms with Crippen molar-refractivity contribution in [1.82, 2.24) is 5.32 Å². The van der Waals surface area contributed by atoms with Gasteiger partial charge in [-0.15, -0.1) is 0 Å². The van der Waals surface area contributed by atoms with Crippen LogP contribution in [0.5, 0.6) is 5.75 Å². The van der Waals surface area contributed by atoms with Crippen LogP contribution in [0.2, 0.25) is 0 Å². The molecule has 2 nitrogen and oxygen atoms in total. The van der Waals surface area contributed by atoms with Crippen LogP contribution in [-0.4, -0.2) is 5.11 Å². The lowest BCUT2D eigenvalue weighted by Gasteiger charge is -2.21. The van der Waals surface area contributed by atoms with Crippen LogP contribution < -0.4 is 5.32 Å². The molecule has 19 heavy (non-hydrogen) atoms. The monoisotopic (exact) mass is 259 g/mol. The summed E-state index contributed by atoms with van der Waals surface area (Å²) in [6.45, 7) is 4.01. The molecule has 2 N–H and O–H groups in total. The summed E-state index contributed by atoms with van der Waals surface area (Å²) < 4.78 is 13.0. The number of halogens is 1. The maximum absolute atomic E-state index is 13.0. The maximum Gasteiger partial charge on any atom is 0.126 e. The highest BCUT2D eigenvalue weighted by molar-refractivity contribution is 5.35. The van der Waals surface area contributed by atoms with Gasteiger partial charge in [0.05, 0.1) is 0 Å². The molecular weight excluding hydrogens is 241 g/mol. The van der Waals surface area contributed by atoms with E-state index in [4.69, 9.17) is 0 Å². The van der Waals surface area contributed by atoms with Crippen molar-refractivity contribution in [3.05, 3.63) is 65.5 Å². The van der Waals surface area contributed by atoms with Gasteiger partial charge in [0.25, 0.3) is 0 Å². The average molecular weight is 259 g/mol. The lowest BCUT2D eigenvalue weighted by Crippen LogP contribution is -2.22. The summed E-state index contributed by atoms with van der Waals surface area (Å²) in [6, 6.07) is 14.3. The summed E-state index contributed by atoms with van der Waals surface area (Å²) in [5, 5.41) is 13.2. The average Bonchev–Trinajstić information content (AvgIpc) is 2.39. The number of hydrogen-bond donors (Lipinski definition) is 2. The quantitative estimate of drug-likeness (QED) is 0.871. The van der Waals surface area contributed by atoms with Crippen molar-refractivity contribution in [3.63, 3.8) is 0 Å². The largest absolute Gasteiger partial charge is 0.508 e. The van der Waals surface area contributed by atoms with Crippen molar-refractivity contribution < 1.29 is 9.50 Å². The first-order valence-corrected chi connectivity index (χ1v) is 6.37. The molecular formula is C16H18FNO. The van der Waals surface area contributed by atoms with Gasteiger partial charge in [0.1, 0.15) is 11.6 Å². The SMILES string of the molecule is CC(NC(C)c1ccc(F)cc1O)c1ccccc1. The summed E-state index contributed by atoms with van der Waals surface area (Å²) in [5.74, 6) is -0.440. The fraction of sp³-hybridized carbons (Fsp3) is 0.250. The van der Waals surface area contributed by atoms with E-state index in [9.17, 15) is 9.50 Å². The second-order valence-electron chi connectivity index (χ2n) is 4.72. The van der Waals surface area contributed by atoms with Gasteiger partial charge in [-0.2, -0.15) is 0 Å². The minimum absolute atomic E-state index is 0.0136. The lowest BCUT2D eigenvalue weighted by atomic mass is 10.0. The van der Waals surface area contributed by atoms with Gasteiger partial charge in [0, 0.05) is 23.7 Å². The standard InChI is InChI=1S/C16H18FNO/c1-11(13-6-4-3-5-7-13)18-12(2)15-9-8-14(17)10-16(15)19/h3-12,18-19H,1-2H3. The molecule has 0 fully saturated rings. The van der Waals surface area contributed by atoms with Crippen LogP contribution in [0.3, 0.4) is 0 Å². The number of hydrogen-bond acceptors (Lipinski definition) is 2. The molecule has 0 aliphatic rings. The Morgan fingerprint density at radius 3 is 2.32 bits per heavy atom. The van der Waals surface area contributed by atoms with E-state index in [1.807, 2.05) is 25.1 Å². The fourth-order valence-electron chi connectivity index (χ4n) is 2.19. The Kier molecular flexibility index (Phi) is 4.17. The second kappa shape index (κ2) is 5.85. The van der Waals surface area contributed by atoms with Crippen molar-refractivity contribution >= 4 is 0 Å². The van der Waals surface area contributed by atoms with Crippen molar-refractivity contribution in [2.75, 3.05) is 0 Å². The highest BCUT2D eigenvalue weighted by Crippen LogP contribution is 2.26. The predicted octanol–water partition coefficient (Wildman–Crippen LogP) is 3.94. The Morgan fingerprint density at radius 1 is 1.00 bits per heavy atom. The van der Waals surface area contributed by atoms with E-state index in [0.29, 0.717) is 5.56 Å². The zero-order valence-corrected chi connectivity index (χ0v) is 11.1. The van der Waals surface area contributed by atoms with Gasteiger partial charge in [-0.25, -0.2) is 4.39 Å². The molecule has 2 rings (SSSR count). The Labute approximate surface area is 112 Å². The molecule has 0 heterocycles. The smallest absolute Gasteiger partial charge is 0.126 e. The Morgan fingerprint density at radius 2 is 1.68 bits per heavy atom. The molecule has 0 bridgehead atoms. The fourth-order valence-corrected chi connectivity index (χ4v) is 2.19. The number of phenols is 1. The topological polar surface area (TPSA) is 32.3 Å². The molecule has 2 unspecified atom stereocenters. The number of nitrogens with one attached hydrogen (secondary N) is 1. The highest BCUT2D eigenvalue weighted by atomic mass is 19.1. The molecule has 0 aliphatic carbocycles. The van der Waals surface area contributed by atoms with Gasteiger partial charge in [0.2, 0.25) is 0 Å². The molecule has 0 aliphatic heterocycles. The Balaban J connectivity index is 2.10. The van der Waals surface area contributed by atoms with E-state index in [0.717, 1.165) is 6.07 Å². The summed E-state index contributed by atoms with van der Waals surface area (Å²) in [6.07, 6.45) is 0. The van der Waals surface area contributed by atoms with Crippen molar-refractivity contribution in [1.29, 1.82) is 0 Å². The molecule has 0 amide bonds. The first-order valence-electron chi connectivity index (χ1n) is 6.37. The van der Waals surface area contributed by atoms with Gasteiger partial charge in [0.15, 0.2) is 0 Å². The molecule has 3 heteroatoms. The molecule has 2 atom stereocenters. The van der Waals surface area contributed by atoms with E-state index >= 15 is 0 Å². The van der Waals surface area contributed by atoms with E-state index in [1.165, 1.54) is 11.6 Å². The van der Waals surface area contributed by atoms with Crippen LogP contribution in [0.4, 0.5) is 4.39 Å². The third kappa shape index (κ3) is 3.32. The van der Waals surface area contributed by atoms with Crippen LogP contribution in [0.25, 0.3) is 0 Å². The van der Waals surface area contributed by atoms with Crippen molar-refractivity contribution in [2.24, 2.45) is 0 Å². The minimum Gasteiger partial charge on any atom is -0.508 e. The maximum atomic E-state index is 13.0. The summed E-state index contributed by atoms with van der Waals surface area (Å²) in [4.78, 5) is 0. The van der Waals surface area contributed by atoms with E-state index < -0.39 is 5.82 Å². The minimum atomic E-state index is -0.426. The molecule has 0 radical (unpaired) electrons. The van der Waals surface area contributed by atoms with Gasteiger partial charge in [-0.3, -0.25) is 0 Å². The van der Waals surface area contributed by atoms with Gasteiger partial charge in [-0.05, 0) is 25.5 Å². The first-order chi connectivity index (χ1) is 9.08. The molecule has 0 saturated carbocycles. The van der Waals surface area contributed by atoms with Crippen LogP contribution in [0.1, 0.15) is 37.1 Å². The number of aromatic hydroxyl groups is 1. The van der Waals surface area contributed by atoms with E-state index in [1.54, 1.807) is 6.07 Å². The zero-order chi connectivity index (χ0) is 13.8. The first kappa shape index (κ1) is 13.6. The van der Waals surface area contributed by atoms with Crippen LogP contribution in [0, 0.1) is 5.82 Å². The van der Waals surface area contributed by atoms with Gasteiger partial charge < -0.3 is 10.4 Å². The molecule has 2 aromatic carbocycles. The van der Waals surface area contributed by atoms with E-state index in [2.05, 4.69) is 24.4 Å². The van der Waals surface area contributed by atoms with Crippen molar-refractivity contribution in [3.8, 4) is 5.75 Å². The molecule has 0 saturated heterocycles. The molecule has 0 spiro atoms. The summed E-state index contributed by atoms with van der Waals surface area (Å²) >= 11 is 0. The number of rotatable bonds is 4. The molecule has 100 valence electrons. The van der Waals surface area contributed by atoms with Crippen LogP contribution in [0.15, 0.2) is 48.5 Å². The molecule has 2 aromatic rings. The van der Waals surface area contributed by atoms with Gasteiger partial charge in [-0.1, -0.05) is 36.4 Å². The summed E-state index contributed by atoms with van der Waals surface area (Å²) in [7, 11) is 0. The number of phenolic OH excluding ortho intramolecular Hbond substituents is 1. The van der Waals surface area contributed by atoms with Crippen LogP contribution in [-0.2, 0) is 0 Å². The number of benzene rings is 2. The van der Waals surface area contributed by atoms with E-state index in [-0.39, 0.29) is 17.8 Å². The van der Waals surface area contributed by atoms with Gasteiger partial charge >= 0.3 is 0 Å². The Hall–Kier alpha value is -1.87. The predicted molar refractivity (Wildman–Crippen MR) is 74.5 cm³/mol. The third-order valence-electron chi connectivity index (χ3n) is 3.26. The zero-order valence-electron chi connectivity index (χ0n) is 11.1. The normalized spacial score (nSPS) is 14.1. The third-order valence-corrected chi connectivity index (χ3v) is 3.26. The second-order valence-corrected chi connectivity index (χ2v) is 4.72. The lowest BCUT2D eigenvalue weighted by molar-refractivity contribution is 0.434. The van der Waals surface area contributed by atoms with Crippen LogP contribution >= 0.6 is 0 Å². The molecule has 0 aromatic heterocycles. The summed E-state index contributed by atoms with van der Waals surface area (Å²) in [5.41, 5.74) is 1.88. The van der Waals surface area contributed by atoms with Crippen molar-refractivity contribution in [2.45, 2.75) is 25.9 Å². The Bertz CT molecular complexity index is 542. The highest BCUT2D eigenvalue weighted by Gasteiger charge is 2.14.